The maximum Gasteiger partial charge on any atom is 0.326 e. The number of nitrogens with one attached hydrogen (secondary N) is 3. The third-order valence-corrected chi connectivity index (χ3v) is 5.33. The monoisotopic (exact) mass is 514 g/mol. The van der Waals surface area contributed by atoms with Gasteiger partial charge in [-0.1, -0.05) is 42.5 Å². The smallest absolute Gasteiger partial charge is 0.326 e. The molecule has 0 aliphatic heterocycles. The molecule has 0 aromatic heterocycles. The summed E-state index contributed by atoms with van der Waals surface area (Å²) >= 11 is 0. The second kappa shape index (κ2) is 13.6. The average Bonchev–Trinajstić information content (AvgIpc) is 2.84. The molecule has 198 valence electrons. The number of carbonyl (C=O) groups is 5. The number of amides is 3. The van der Waals surface area contributed by atoms with Gasteiger partial charge in [-0.25, -0.2) is 4.79 Å². The van der Waals surface area contributed by atoms with E-state index in [1.165, 1.54) is 31.2 Å². The van der Waals surface area contributed by atoms with Crippen molar-refractivity contribution in [2.24, 2.45) is 5.73 Å². The Labute approximate surface area is 212 Å². The van der Waals surface area contributed by atoms with E-state index in [4.69, 9.17) is 5.73 Å². The van der Waals surface area contributed by atoms with Gasteiger partial charge in [-0.2, -0.15) is 0 Å². The minimum absolute atomic E-state index is 0.0200. The van der Waals surface area contributed by atoms with Gasteiger partial charge in [0, 0.05) is 12.8 Å². The van der Waals surface area contributed by atoms with Crippen molar-refractivity contribution in [1.29, 1.82) is 0 Å². The number of rotatable bonds is 13. The summed E-state index contributed by atoms with van der Waals surface area (Å²) in [6.45, 7) is 1.35. The van der Waals surface area contributed by atoms with E-state index in [2.05, 4.69) is 16.0 Å². The van der Waals surface area contributed by atoms with E-state index in [1.807, 2.05) is 0 Å². The summed E-state index contributed by atoms with van der Waals surface area (Å²) in [4.78, 5) is 61.2. The Morgan fingerprint density at radius 3 is 1.76 bits per heavy atom. The van der Waals surface area contributed by atoms with Crippen LogP contribution in [-0.4, -0.2) is 69.1 Å². The van der Waals surface area contributed by atoms with Crippen LogP contribution in [0.1, 0.15) is 24.5 Å². The number of carboxylic acid groups (broad SMARTS) is 2. The van der Waals surface area contributed by atoms with E-state index in [-0.39, 0.29) is 18.6 Å². The zero-order valence-corrected chi connectivity index (χ0v) is 20.1. The van der Waals surface area contributed by atoms with Crippen LogP contribution >= 0.6 is 0 Å². The molecule has 0 bridgehead atoms. The highest BCUT2D eigenvalue weighted by Crippen LogP contribution is 2.12. The number of hydrogen-bond donors (Lipinski definition) is 7. The molecule has 0 radical (unpaired) electrons. The van der Waals surface area contributed by atoms with Gasteiger partial charge in [-0.15, -0.1) is 0 Å². The molecule has 3 amide bonds. The topological polar surface area (TPSA) is 208 Å². The van der Waals surface area contributed by atoms with E-state index in [9.17, 15) is 39.3 Å². The van der Waals surface area contributed by atoms with Gasteiger partial charge in [0.15, 0.2) is 0 Å². The molecule has 8 N–H and O–H groups in total. The average molecular weight is 515 g/mol. The third-order valence-electron chi connectivity index (χ3n) is 5.33. The molecule has 12 heteroatoms. The maximum atomic E-state index is 13.2. The van der Waals surface area contributed by atoms with Crippen LogP contribution < -0.4 is 21.7 Å². The van der Waals surface area contributed by atoms with E-state index in [0.717, 1.165) is 0 Å². The first-order chi connectivity index (χ1) is 17.5. The second-order valence-electron chi connectivity index (χ2n) is 8.47. The predicted octanol–water partition coefficient (Wildman–Crippen LogP) is -0.462. The normalized spacial score (nSPS) is 13.9. The van der Waals surface area contributed by atoms with E-state index in [0.29, 0.717) is 11.1 Å². The summed E-state index contributed by atoms with van der Waals surface area (Å²) in [6.07, 6.45) is -0.909. The number of aliphatic carboxylic acids is 2. The molecule has 0 aliphatic carbocycles. The maximum absolute atomic E-state index is 13.2. The van der Waals surface area contributed by atoms with Gasteiger partial charge in [-0.3, -0.25) is 19.2 Å². The van der Waals surface area contributed by atoms with E-state index in [1.54, 1.807) is 30.3 Å². The number of phenolic OH excluding ortho intramolecular Hbond substituents is 1. The van der Waals surface area contributed by atoms with Crippen LogP contribution in [0.3, 0.4) is 0 Å². The van der Waals surface area contributed by atoms with Crippen LogP contribution in [0, 0.1) is 0 Å². The van der Waals surface area contributed by atoms with Crippen LogP contribution in [0.5, 0.6) is 5.75 Å². The predicted molar refractivity (Wildman–Crippen MR) is 131 cm³/mol. The lowest BCUT2D eigenvalue weighted by Crippen LogP contribution is -2.58. The van der Waals surface area contributed by atoms with Gasteiger partial charge >= 0.3 is 11.9 Å². The molecule has 37 heavy (non-hydrogen) atoms. The fourth-order valence-electron chi connectivity index (χ4n) is 3.36. The lowest BCUT2D eigenvalue weighted by molar-refractivity contribution is -0.143. The number of benzene rings is 2. The SMILES string of the molecule is CC(N)C(=O)NC(CC(=O)O)C(=O)NC(Cc1ccc(O)cc1)C(=O)NC(Cc1ccccc1)C(=O)O. The molecule has 0 fully saturated rings. The van der Waals surface area contributed by atoms with Gasteiger partial charge in [0.2, 0.25) is 17.7 Å². The largest absolute Gasteiger partial charge is 0.508 e. The Kier molecular flexibility index (Phi) is 10.6. The summed E-state index contributed by atoms with van der Waals surface area (Å²) in [5.74, 6) is -5.27. The molecular weight excluding hydrogens is 484 g/mol. The first-order valence-corrected chi connectivity index (χ1v) is 11.4. The minimum Gasteiger partial charge on any atom is -0.508 e. The van der Waals surface area contributed by atoms with Crippen LogP contribution in [0.25, 0.3) is 0 Å². The summed E-state index contributed by atoms with van der Waals surface area (Å²) in [5.41, 5.74) is 6.67. The van der Waals surface area contributed by atoms with Crippen LogP contribution in [0.15, 0.2) is 54.6 Å². The first-order valence-electron chi connectivity index (χ1n) is 11.4. The zero-order valence-electron chi connectivity index (χ0n) is 20.1. The van der Waals surface area contributed by atoms with Crippen molar-refractivity contribution in [2.45, 2.75) is 50.4 Å². The number of nitrogens with two attached hydrogens (primary N) is 1. The molecule has 4 unspecified atom stereocenters. The Morgan fingerprint density at radius 2 is 1.22 bits per heavy atom. The van der Waals surface area contributed by atoms with Crippen molar-refractivity contribution in [3.8, 4) is 5.75 Å². The summed E-state index contributed by atoms with van der Waals surface area (Å²) in [6, 6.07) is 9.17. The zero-order chi connectivity index (χ0) is 27.5. The molecule has 2 rings (SSSR count). The molecule has 2 aromatic rings. The highest BCUT2D eigenvalue weighted by Gasteiger charge is 2.31. The standard InChI is InChI=1S/C25H30N4O8/c1-14(26)22(33)27-19(13-21(31)32)24(35)28-18(11-16-7-9-17(30)10-8-16)23(34)29-20(25(36)37)12-15-5-3-2-4-6-15/h2-10,14,18-20,30H,11-13,26H2,1H3,(H,27,33)(H,28,35)(H,29,34)(H,31,32)(H,36,37). The van der Waals surface area contributed by atoms with Crippen molar-refractivity contribution >= 4 is 29.7 Å². The number of carboxylic acids is 2. The van der Waals surface area contributed by atoms with Crippen LogP contribution in [-0.2, 0) is 36.8 Å². The third kappa shape index (κ3) is 9.61. The Balaban J connectivity index is 2.27. The van der Waals surface area contributed by atoms with E-state index >= 15 is 0 Å². The molecule has 0 spiro atoms. The van der Waals surface area contributed by atoms with Gasteiger partial charge in [0.1, 0.15) is 23.9 Å². The quantitative estimate of drug-likeness (QED) is 0.184. The Morgan fingerprint density at radius 1 is 0.730 bits per heavy atom. The summed E-state index contributed by atoms with van der Waals surface area (Å²) < 4.78 is 0. The Hall–Kier alpha value is -4.45. The number of aromatic hydroxyl groups is 1. The van der Waals surface area contributed by atoms with Crippen molar-refractivity contribution in [3.05, 3.63) is 65.7 Å². The second-order valence-corrected chi connectivity index (χ2v) is 8.47. The first kappa shape index (κ1) is 28.8. The van der Waals surface area contributed by atoms with Crippen LogP contribution in [0.2, 0.25) is 0 Å². The Bertz CT molecular complexity index is 1110. The molecule has 4 atom stereocenters. The lowest BCUT2D eigenvalue weighted by Gasteiger charge is -2.24. The highest BCUT2D eigenvalue weighted by atomic mass is 16.4. The van der Waals surface area contributed by atoms with Crippen molar-refractivity contribution in [3.63, 3.8) is 0 Å². The fraction of sp³-hybridized carbons (Fsp3) is 0.320. The molecule has 2 aromatic carbocycles. The van der Waals surface area contributed by atoms with Gasteiger partial charge < -0.3 is 37.0 Å². The molecule has 0 heterocycles. The number of hydrogen-bond acceptors (Lipinski definition) is 7. The van der Waals surface area contributed by atoms with Crippen LogP contribution in [0.4, 0.5) is 0 Å². The summed E-state index contributed by atoms with van der Waals surface area (Å²) in [7, 11) is 0. The van der Waals surface area contributed by atoms with Crippen molar-refractivity contribution in [2.75, 3.05) is 0 Å². The van der Waals surface area contributed by atoms with Gasteiger partial charge in [0.05, 0.1) is 12.5 Å². The molecular formula is C25H30N4O8. The minimum atomic E-state index is -1.54. The van der Waals surface area contributed by atoms with Crippen molar-refractivity contribution < 1.29 is 39.3 Å². The summed E-state index contributed by atoms with van der Waals surface area (Å²) in [5, 5.41) is 35.4. The molecule has 12 nitrogen and oxygen atoms in total. The molecule has 0 saturated heterocycles. The number of carbonyl (C=O) groups excluding carboxylic acids is 3. The fourth-order valence-corrected chi connectivity index (χ4v) is 3.36. The highest BCUT2D eigenvalue weighted by molar-refractivity contribution is 5.95. The van der Waals surface area contributed by atoms with Gasteiger partial charge in [-0.05, 0) is 30.2 Å². The molecule has 0 aliphatic rings. The van der Waals surface area contributed by atoms with E-state index < -0.39 is 60.2 Å². The van der Waals surface area contributed by atoms with Crippen molar-refractivity contribution in [1.82, 2.24) is 16.0 Å². The number of phenols is 1. The lowest BCUT2D eigenvalue weighted by atomic mass is 10.0. The molecule has 0 saturated carbocycles. The van der Waals surface area contributed by atoms with Gasteiger partial charge in [0.25, 0.3) is 0 Å².